The Balaban J connectivity index is 1.61. The Hall–Kier alpha value is -2.02. The van der Waals surface area contributed by atoms with Crippen LogP contribution in [0.15, 0.2) is 40.5 Å². The predicted octanol–water partition coefficient (Wildman–Crippen LogP) is 2.77. The number of benzene rings is 1. The first-order chi connectivity index (χ1) is 12.7. The highest BCUT2D eigenvalue weighted by Gasteiger charge is 2.24. The molecular formula is C20H24N4OS. The van der Waals surface area contributed by atoms with Gasteiger partial charge in [0.05, 0.1) is 5.69 Å². The quantitative estimate of drug-likeness (QED) is 0.769. The Labute approximate surface area is 157 Å². The first-order valence-electron chi connectivity index (χ1n) is 9.16. The van der Waals surface area contributed by atoms with Gasteiger partial charge in [-0.1, -0.05) is 31.2 Å². The van der Waals surface area contributed by atoms with Gasteiger partial charge in [-0.25, -0.2) is 4.98 Å². The monoisotopic (exact) mass is 368 g/mol. The third-order valence-corrected chi connectivity index (χ3v) is 6.06. The van der Waals surface area contributed by atoms with E-state index in [-0.39, 0.29) is 5.56 Å². The van der Waals surface area contributed by atoms with Crippen molar-refractivity contribution in [2.24, 2.45) is 0 Å². The molecule has 2 aromatic heterocycles. The predicted molar refractivity (Wildman–Crippen MR) is 106 cm³/mol. The lowest BCUT2D eigenvalue weighted by Gasteiger charge is -2.36. The molecule has 3 heterocycles. The van der Waals surface area contributed by atoms with Gasteiger partial charge in [0.2, 0.25) is 0 Å². The van der Waals surface area contributed by atoms with Crippen LogP contribution in [0.2, 0.25) is 0 Å². The van der Waals surface area contributed by atoms with Crippen LogP contribution >= 0.6 is 11.3 Å². The molecule has 0 spiro atoms. The molecule has 5 nitrogen and oxygen atoms in total. The molecule has 3 aromatic rings. The van der Waals surface area contributed by atoms with Gasteiger partial charge in [-0.3, -0.25) is 14.1 Å². The van der Waals surface area contributed by atoms with Crippen LogP contribution in [0.3, 0.4) is 0 Å². The number of aromatic nitrogens is 2. The fraction of sp³-hybridized carbons (Fsp3) is 0.400. The second-order valence-corrected chi connectivity index (χ2v) is 7.70. The van der Waals surface area contributed by atoms with Crippen LogP contribution in [-0.4, -0.2) is 33.9 Å². The third-order valence-electron chi connectivity index (χ3n) is 5.12. The van der Waals surface area contributed by atoms with Crippen LogP contribution in [-0.2, 0) is 13.0 Å². The molecule has 1 aromatic carbocycles. The van der Waals surface area contributed by atoms with Crippen molar-refractivity contribution in [3.63, 3.8) is 0 Å². The molecular weight excluding hydrogens is 344 g/mol. The van der Waals surface area contributed by atoms with Gasteiger partial charge in [0.1, 0.15) is 0 Å². The van der Waals surface area contributed by atoms with Gasteiger partial charge in [0.15, 0.2) is 4.96 Å². The maximum absolute atomic E-state index is 12.4. The highest BCUT2D eigenvalue weighted by molar-refractivity contribution is 7.15. The standard InChI is InChI=1S/C20H24N4OS/c1-3-15-4-6-16(7-5-15)18-11-21-8-9-23(18)12-17-10-19(25)24-14(2)13-26-20(24)22-17/h4-7,10,13,18,21H,3,8-9,11-12H2,1-2H3. The van der Waals surface area contributed by atoms with Crippen LogP contribution < -0.4 is 10.9 Å². The molecule has 1 aliphatic rings. The Bertz CT molecular complexity index is 960. The zero-order valence-corrected chi connectivity index (χ0v) is 16.1. The smallest absolute Gasteiger partial charge is 0.259 e. The average Bonchev–Trinajstić information content (AvgIpc) is 3.04. The molecule has 0 bridgehead atoms. The zero-order chi connectivity index (χ0) is 18.1. The van der Waals surface area contributed by atoms with Crippen molar-refractivity contribution in [1.82, 2.24) is 19.6 Å². The van der Waals surface area contributed by atoms with E-state index in [1.54, 1.807) is 10.5 Å². The lowest BCUT2D eigenvalue weighted by molar-refractivity contribution is 0.152. The molecule has 1 aliphatic heterocycles. The van der Waals surface area contributed by atoms with Crippen LogP contribution in [0.25, 0.3) is 4.96 Å². The molecule has 1 unspecified atom stereocenters. The fourth-order valence-corrected chi connectivity index (χ4v) is 4.52. The van der Waals surface area contributed by atoms with E-state index in [9.17, 15) is 4.79 Å². The van der Waals surface area contributed by atoms with Crippen molar-refractivity contribution in [3.05, 3.63) is 68.6 Å². The maximum Gasteiger partial charge on any atom is 0.259 e. The average molecular weight is 369 g/mol. The van der Waals surface area contributed by atoms with Crippen LogP contribution in [0.1, 0.15) is 35.5 Å². The number of nitrogens with one attached hydrogen (secondary N) is 1. The van der Waals surface area contributed by atoms with Crippen LogP contribution in [0.5, 0.6) is 0 Å². The summed E-state index contributed by atoms with van der Waals surface area (Å²) in [5.41, 5.74) is 4.50. The summed E-state index contributed by atoms with van der Waals surface area (Å²) in [4.78, 5) is 20.4. The highest BCUT2D eigenvalue weighted by atomic mass is 32.1. The topological polar surface area (TPSA) is 49.6 Å². The summed E-state index contributed by atoms with van der Waals surface area (Å²) in [6.45, 7) is 7.65. The minimum Gasteiger partial charge on any atom is -0.314 e. The van der Waals surface area contributed by atoms with Gasteiger partial charge in [-0.2, -0.15) is 0 Å². The molecule has 0 radical (unpaired) electrons. The first-order valence-corrected chi connectivity index (χ1v) is 10.0. The van der Waals surface area contributed by atoms with E-state index in [1.165, 1.54) is 22.5 Å². The molecule has 4 rings (SSSR count). The zero-order valence-electron chi connectivity index (χ0n) is 15.2. The van der Waals surface area contributed by atoms with Gasteiger partial charge >= 0.3 is 0 Å². The lowest BCUT2D eigenvalue weighted by Crippen LogP contribution is -2.45. The highest BCUT2D eigenvalue weighted by Crippen LogP contribution is 2.24. The summed E-state index contributed by atoms with van der Waals surface area (Å²) in [5.74, 6) is 0. The second-order valence-electron chi connectivity index (χ2n) is 6.87. The number of aryl methyl sites for hydroxylation is 2. The van der Waals surface area contributed by atoms with E-state index in [0.717, 1.165) is 42.4 Å². The molecule has 0 aliphatic carbocycles. The van der Waals surface area contributed by atoms with Crippen molar-refractivity contribution in [3.8, 4) is 0 Å². The molecule has 0 amide bonds. The molecule has 1 atom stereocenters. The number of hydrogen-bond donors (Lipinski definition) is 1. The van der Waals surface area contributed by atoms with Crippen molar-refractivity contribution >= 4 is 16.3 Å². The number of nitrogens with zero attached hydrogens (tertiary/aromatic N) is 3. The lowest BCUT2D eigenvalue weighted by atomic mass is 10.0. The van der Waals surface area contributed by atoms with E-state index < -0.39 is 0 Å². The van der Waals surface area contributed by atoms with Gasteiger partial charge in [0, 0.05) is 49.4 Å². The SMILES string of the molecule is CCc1ccc(C2CNCCN2Cc2cc(=O)n3c(C)csc3n2)cc1. The number of rotatable bonds is 4. The van der Waals surface area contributed by atoms with E-state index >= 15 is 0 Å². The molecule has 0 saturated carbocycles. The van der Waals surface area contributed by atoms with Crippen molar-refractivity contribution in [2.75, 3.05) is 19.6 Å². The minimum absolute atomic E-state index is 0.0164. The number of fused-ring (bicyclic) bond motifs is 1. The molecule has 6 heteroatoms. The minimum atomic E-state index is 0.0164. The largest absolute Gasteiger partial charge is 0.314 e. The van der Waals surface area contributed by atoms with Crippen molar-refractivity contribution in [2.45, 2.75) is 32.9 Å². The summed E-state index contributed by atoms with van der Waals surface area (Å²) in [6.07, 6.45) is 1.06. The number of piperazine rings is 1. The Morgan fingerprint density at radius 2 is 2.12 bits per heavy atom. The van der Waals surface area contributed by atoms with Gasteiger partial charge < -0.3 is 5.32 Å². The second kappa shape index (κ2) is 7.31. The summed E-state index contributed by atoms with van der Waals surface area (Å²) < 4.78 is 1.69. The van der Waals surface area contributed by atoms with Crippen molar-refractivity contribution < 1.29 is 0 Å². The number of hydrogen-bond acceptors (Lipinski definition) is 5. The van der Waals surface area contributed by atoms with Crippen molar-refractivity contribution in [1.29, 1.82) is 0 Å². The normalized spacial score (nSPS) is 18.5. The Morgan fingerprint density at radius 3 is 2.88 bits per heavy atom. The molecule has 1 saturated heterocycles. The Kier molecular flexibility index (Phi) is 4.89. The first kappa shape index (κ1) is 17.4. The van der Waals surface area contributed by atoms with Gasteiger partial charge in [-0.15, -0.1) is 11.3 Å². The maximum atomic E-state index is 12.4. The van der Waals surface area contributed by atoms with Gasteiger partial charge in [-0.05, 0) is 24.5 Å². The summed E-state index contributed by atoms with van der Waals surface area (Å²) in [7, 11) is 0. The summed E-state index contributed by atoms with van der Waals surface area (Å²) >= 11 is 1.53. The fourth-order valence-electron chi connectivity index (χ4n) is 3.63. The molecule has 1 N–H and O–H groups in total. The number of thiazole rings is 1. The van der Waals surface area contributed by atoms with E-state index in [0.29, 0.717) is 12.6 Å². The van der Waals surface area contributed by atoms with E-state index in [1.807, 2.05) is 12.3 Å². The molecule has 136 valence electrons. The molecule has 1 fully saturated rings. The summed E-state index contributed by atoms with van der Waals surface area (Å²) in [6, 6.07) is 10.9. The van der Waals surface area contributed by atoms with E-state index in [4.69, 9.17) is 4.98 Å². The Morgan fingerprint density at radius 1 is 1.31 bits per heavy atom. The van der Waals surface area contributed by atoms with Crippen LogP contribution in [0, 0.1) is 6.92 Å². The molecule has 26 heavy (non-hydrogen) atoms. The van der Waals surface area contributed by atoms with Gasteiger partial charge in [0.25, 0.3) is 5.56 Å². The summed E-state index contributed by atoms with van der Waals surface area (Å²) in [5, 5.41) is 5.48. The van der Waals surface area contributed by atoms with Crippen LogP contribution in [0.4, 0.5) is 0 Å². The van der Waals surface area contributed by atoms with E-state index in [2.05, 4.69) is 41.4 Å². The third kappa shape index (κ3) is 3.32.